The molecule has 1 aliphatic heterocycles. The van der Waals surface area contributed by atoms with E-state index in [4.69, 9.17) is 4.74 Å². The fraction of sp³-hybridized carbons (Fsp3) is 0.667. The topological polar surface area (TPSA) is 69.1 Å². The Labute approximate surface area is 136 Å². The van der Waals surface area contributed by atoms with Gasteiger partial charge in [-0.1, -0.05) is 0 Å². The minimum Gasteiger partial charge on any atom is -0.384 e. The van der Waals surface area contributed by atoms with Gasteiger partial charge in [0.2, 0.25) is 0 Å². The molecular formula is C15H26N4O2S. The zero-order valence-corrected chi connectivity index (χ0v) is 14.2. The molecule has 1 unspecified atom stereocenters. The maximum Gasteiger partial charge on any atom is 0.191 e. The summed E-state index contributed by atoms with van der Waals surface area (Å²) in [5.41, 5.74) is 0.0238. The third-order valence-electron chi connectivity index (χ3n) is 3.79. The smallest absolute Gasteiger partial charge is 0.191 e. The largest absolute Gasteiger partial charge is 0.384 e. The van der Waals surface area contributed by atoms with Crippen LogP contribution in [0.25, 0.3) is 0 Å². The van der Waals surface area contributed by atoms with Crippen LogP contribution in [-0.4, -0.2) is 69.0 Å². The highest BCUT2D eigenvalue weighted by molar-refractivity contribution is 7.08. The number of hydrogen-bond donors (Lipinski definition) is 3. The van der Waals surface area contributed by atoms with E-state index >= 15 is 0 Å². The molecular weight excluding hydrogens is 300 g/mol. The van der Waals surface area contributed by atoms with Crippen LogP contribution in [0.5, 0.6) is 0 Å². The summed E-state index contributed by atoms with van der Waals surface area (Å²) in [5, 5.41) is 20.9. The Morgan fingerprint density at radius 1 is 1.45 bits per heavy atom. The van der Waals surface area contributed by atoms with Crippen molar-refractivity contribution in [3.63, 3.8) is 0 Å². The summed E-state index contributed by atoms with van der Waals surface area (Å²) in [6.07, 6.45) is 0. The van der Waals surface area contributed by atoms with Crippen LogP contribution < -0.4 is 10.6 Å². The molecule has 0 saturated carbocycles. The van der Waals surface area contributed by atoms with E-state index in [0.717, 1.165) is 45.0 Å². The molecule has 0 aliphatic carbocycles. The first-order valence-electron chi connectivity index (χ1n) is 7.61. The SMILES string of the molecule is CN=C(NCCN1CCOCC1)NCC(C)(O)c1ccsc1. The molecule has 6 nitrogen and oxygen atoms in total. The summed E-state index contributed by atoms with van der Waals surface area (Å²) in [7, 11) is 1.74. The Morgan fingerprint density at radius 2 is 2.23 bits per heavy atom. The molecule has 2 heterocycles. The number of nitrogens with one attached hydrogen (secondary N) is 2. The van der Waals surface area contributed by atoms with Crippen molar-refractivity contribution in [3.8, 4) is 0 Å². The summed E-state index contributed by atoms with van der Waals surface area (Å²) in [6, 6.07) is 1.95. The normalized spacial score (nSPS) is 19.7. The third kappa shape index (κ3) is 5.24. The Hall–Kier alpha value is -1.15. The van der Waals surface area contributed by atoms with Gasteiger partial charge >= 0.3 is 0 Å². The molecule has 1 aliphatic rings. The lowest BCUT2D eigenvalue weighted by molar-refractivity contribution is 0.0388. The lowest BCUT2D eigenvalue weighted by Gasteiger charge is -2.27. The van der Waals surface area contributed by atoms with Crippen LogP contribution in [0.2, 0.25) is 0 Å². The van der Waals surface area contributed by atoms with Crippen LogP contribution in [0, 0.1) is 0 Å². The van der Waals surface area contributed by atoms with Gasteiger partial charge in [-0.3, -0.25) is 9.89 Å². The second kappa shape index (κ2) is 8.47. The van der Waals surface area contributed by atoms with E-state index in [1.165, 1.54) is 0 Å². The average Bonchev–Trinajstić information content (AvgIpc) is 3.07. The van der Waals surface area contributed by atoms with Crippen LogP contribution in [-0.2, 0) is 10.3 Å². The monoisotopic (exact) mass is 326 g/mol. The summed E-state index contributed by atoms with van der Waals surface area (Å²) in [4.78, 5) is 6.56. The molecule has 1 fully saturated rings. The Morgan fingerprint density at radius 3 is 2.86 bits per heavy atom. The summed E-state index contributed by atoms with van der Waals surface area (Å²) < 4.78 is 5.33. The van der Waals surface area contributed by atoms with Crippen molar-refractivity contribution >= 4 is 17.3 Å². The molecule has 124 valence electrons. The lowest BCUT2D eigenvalue weighted by Crippen LogP contribution is -2.47. The summed E-state index contributed by atoms with van der Waals surface area (Å²) >= 11 is 1.59. The Kier molecular flexibility index (Phi) is 6.63. The first-order valence-corrected chi connectivity index (χ1v) is 8.56. The molecule has 7 heteroatoms. The molecule has 0 radical (unpaired) electrons. The van der Waals surface area contributed by atoms with Gasteiger partial charge in [0, 0.05) is 33.2 Å². The van der Waals surface area contributed by atoms with Crippen LogP contribution in [0.4, 0.5) is 0 Å². The van der Waals surface area contributed by atoms with Gasteiger partial charge in [-0.2, -0.15) is 11.3 Å². The molecule has 22 heavy (non-hydrogen) atoms. The summed E-state index contributed by atoms with van der Waals surface area (Å²) in [6.45, 7) is 7.61. The number of aliphatic hydroxyl groups is 1. The molecule has 0 spiro atoms. The number of aliphatic imine (C=N–C) groups is 1. The number of rotatable bonds is 6. The maximum atomic E-state index is 10.5. The van der Waals surface area contributed by atoms with Gasteiger partial charge in [0.05, 0.1) is 19.8 Å². The van der Waals surface area contributed by atoms with Gasteiger partial charge < -0.3 is 20.5 Å². The Balaban J connectivity index is 1.71. The van der Waals surface area contributed by atoms with E-state index in [0.29, 0.717) is 12.5 Å². The number of ether oxygens (including phenoxy) is 1. The number of guanidine groups is 1. The maximum absolute atomic E-state index is 10.5. The number of nitrogens with zero attached hydrogens (tertiary/aromatic N) is 2. The van der Waals surface area contributed by atoms with E-state index in [9.17, 15) is 5.11 Å². The summed E-state index contributed by atoms with van der Waals surface area (Å²) in [5.74, 6) is 0.712. The van der Waals surface area contributed by atoms with Crippen molar-refractivity contribution in [1.82, 2.24) is 15.5 Å². The fourth-order valence-corrected chi connectivity index (χ4v) is 3.09. The molecule has 0 aromatic carbocycles. The highest BCUT2D eigenvalue weighted by atomic mass is 32.1. The van der Waals surface area contributed by atoms with E-state index in [1.54, 1.807) is 18.4 Å². The van der Waals surface area contributed by atoms with Crippen LogP contribution >= 0.6 is 11.3 Å². The predicted octanol–water partition coefficient (Wildman–Crippen LogP) is 0.453. The predicted molar refractivity (Wildman–Crippen MR) is 90.5 cm³/mol. The van der Waals surface area contributed by atoms with Gasteiger partial charge in [-0.05, 0) is 29.3 Å². The minimum absolute atomic E-state index is 0.418. The van der Waals surface area contributed by atoms with Crippen molar-refractivity contribution in [2.45, 2.75) is 12.5 Å². The van der Waals surface area contributed by atoms with Crippen LogP contribution in [0.3, 0.4) is 0 Å². The van der Waals surface area contributed by atoms with Gasteiger partial charge in [0.15, 0.2) is 5.96 Å². The zero-order chi connectivity index (χ0) is 15.8. The van der Waals surface area contributed by atoms with Crippen LogP contribution in [0.15, 0.2) is 21.8 Å². The lowest BCUT2D eigenvalue weighted by atomic mass is 9.99. The highest BCUT2D eigenvalue weighted by Gasteiger charge is 2.23. The Bertz CT molecular complexity index is 456. The molecule has 1 saturated heterocycles. The molecule has 2 rings (SSSR count). The fourth-order valence-electron chi connectivity index (χ4n) is 2.31. The molecule has 1 aromatic heterocycles. The molecule has 3 N–H and O–H groups in total. The number of morpholine rings is 1. The van der Waals surface area contributed by atoms with Crippen molar-refractivity contribution in [3.05, 3.63) is 22.4 Å². The number of thiophene rings is 1. The standard InChI is InChI=1S/C15H26N4O2S/c1-15(20,13-3-10-22-11-13)12-18-14(16-2)17-4-5-19-6-8-21-9-7-19/h3,10-11,20H,4-9,12H2,1-2H3,(H2,16,17,18). The first-order chi connectivity index (χ1) is 10.6. The quantitative estimate of drug-likeness (QED) is 0.523. The van der Waals surface area contributed by atoms with Gasteiger partial charge in [0.25, 0.3) is 0 Å². The molecule has 0 bridgehead atoms. The first kappa shape index (κ1) is 17.2. The third-order valence-corrected chi connectivity index (χ3v) is 4.47. The average molecular weight is 326 g/mol. The van der Waals surface area contributed by atoms with Gasteiger partial charge in [-0.15, -0.1) is 0 Å². The minimum atomic E-state index is -0.901. The van der Waals surface area contributed by atoms with E-state index in [2.05, 4.69) is 20.5 Å². The van der Waals surface area contributed by atoms with Crippen molar-refractivity contribution in [2.75, 3.05) is 53.0 Å². The highest BCUT2D eigenvalue weighted by Crippen LogP contribution is 2.21. The van der Waals surface area contributed by atoms with Gasteiger partial charge in [-0.25, -0.2) is 0 Å². The number of hydrogen-bond acceptors (Lipinski definition) is 5. The molecule has 1 aromatic rings. The molecule has 0 amide bonds. The van der Waals surface area contributed by atoms with E-state index in [1.807, 2.05) is 23.8 Å². The second-order valence-electron chi connectivity index (χ2n) is 5.59. The van der Waals surface area contributed by atoms with Crippen LogP contribution in [0.1, 0.15) is 12.5 Å². The zero-order valence-electron chi connectivity index (χ0n) is 13.3. The molecule has 1 atom stereocenters. The van der Waals surface area contributed by atoms with Gasteiger partial charge in [0.1, 0.15) is 5.60 Å². The van der Waals surface area contributed by atoms with Crippen molar-refractivity contribution in [2.24, 2.45) is 4.99 Å². The van der Waals surface area contributed by atoms with E-state index < -0.39 is 5.60 Å². The second-order valence-corrected chi connectivity index (χ2v) is 6.37. The van der Waals surface area contributed by atoms with E-state index in [-0.39, 0.29) is 0 Å². The van der Waals surface area contributed by atoms with Crippen molar-refractivity contribution < 1.29 is 9.84 Å². The van der Waals surface area contributed by atoms with Crippen molar-refractivity contribution in [1.29, 1.82) is 0 Å².